The molecule has 0 amide bonds. The van der Waals surface area contributed by atoms with Gasteiger partial charge < -0.3 is 4.57 Å². The SMILES string of the molecule is CCn1ccn(-c2cccc(C)c2C)c1=S. The zero-order chi connectivity index (χ0) is 11.7. The predicted octanol–water partition coefficient (Wildman–Crippen LogP) is 3.65. The first-order chi connectivity index (χ1) is 7.65. The Kier molecular flexibility index (Phi) is 2.97. The minimum Gasteiger partial charge on any atom is -0.324 e. The number of rotatable bonds is 2. The van der Waals surface area contributed by atoms with Crippen molar-refractivity contribution < 1.29 is 0 Å². The summed E-state index contributed by atoms with van der Waals surface area (Å²) in [7, 11) is 0. The molecule has 1 heterocycles. The summed E-state index contributed by atoms with van der Waals surface area (Å²) in [6, 6.07) is 6.31. The minimum atomic E-state index is 0.858. The van der Waals surface area contributed by atoms with Gasteiger partial charge in [0.25, 0.3) is 0 Å². The van der Waals surface area contributed by atoms with Crippen molar-refractivity contribution in [1.29, 1.82) is 0 Å². The lowest BCUT2D eigenvalue weighted by molar-refractivity contribution is 0.736. The van der Waals surface area contributed by atoms with E-state index in [-0.39, 0.29) is 0 Å². The van der Waals surface area contributed by atoms with Gasteiger partial charge >= 0.3 is 0 Å². The third kappa shape index (κ3) is 1.71. The van der Waals surface area contributed by atoms with E-state index < -0.39 is 0 Å². The van der Waals surface area contributed by atoms with Crippen molar-refractivity contribution in [3.8, 4) is 5.69 Å². The fourth-order valence-corrected chi connectivity index (χ4v) is 2.18. The minimum absolute atomic E-state index is 0.858. The van der Waals surface area contributed by atoms with Crippen LogP contribution in [-0.4, -0.2) is 9.13 Å². The van der Waals surface area contributed by atoms with Gasteiger partial charge in [-0.2, -0.15) is 0 Å². The molecule has 0 N–H and O–H groups in total. The van der Waals surface area contributed by atoms with Gasteiger partial charge in [-0.15, -0.1) is 0 Å². The van der Waals surface area contributed by atoms with Crippen molar-refractivity contribution in [3.05, 3.63) is 46.5 Å². The zero-order valence-electron chi connectivity index (χ0n) is 9.90. The lowest BCUT2D eigenvalue weighted by Crippen LogP contribution is -2.00. The summed E-state index contributed by atoms with van der Waals surface area (Å²) >= 11 is 5.44. The Morgan fingerprint density at radius 2 is 1.94 bits per heavy atom. The van der Waals surface area contributed by atoms with Gasteiger partial charge in [-0.3, -0.25) is 4.57 Å². The third-order valence-corrected chi connectivity index (χ3v) is 3.45. The molecule has 0 saturated carbocycles. The van der Waals surface area contributed by atoms with E-state index in [9.17, 15) is 0 Å². The molecule has 2 rings (SSSR count). The summed E-state index contributed by atoms with van der Waals surface area (Å²) in [4.78, 5) is 0. The Bertz CT molecular complexity index is 564. The zero-order valence-corrected chi connectivity index (χ0v) is 10.7. The maximum Gasteiger partial charge on any atom is 0.184 e. The Hall–Kier alpha value is -1.35. The average molecular weight is 232 g/mol. The number of benzene rings is 1. The summed E-state index contributed by atoms with van der Waals surface area (Å²) < 4.78 is 4.99. The molecule has 0 unspecified atom stereocenters. The Morgan fingerprint density at radius 3 is 2.56 bits per heavy atom. The highest BCUT2D eigenvalue weighted by molar-refractivity contribution is 7.71. The fraction of sp³-hybridized carbons (Fsp3) is 0.308. The molecule has 0 fully saturated rings. The quantitative estimate of drug-likeness (QED) is 0.719. The molecule has 0 radical (unpaired) electrons. The van der Waals surface area contributed by atoms with E-state index >= 15 is 0 Å². The van der Waals surface area contributed by atoms with E-state index in [1.165, 1.54) is 16.8 Å². The van der Waals surface area contributed by atoms with Crippen LogP contribution in [0.1, 0.15) is 18.1 Å². The van der Waals surface area contributed by atoms with Gasteiger partial charge in [0.1, 0.15) is 0 Å². The van der Waals surface area contributed by atoms with Gasteiger partial charge in [0.15, 0.2) is 4.77 Å². The topological polar surface area (TPSA) is 9.86 Å². The maximum absolute atomic E-state index is 5.44. The van der Waals surface area contributed by atoms with Crippen LogP contribution in [0.4, 0.5) is 0 Å². The van der Waals surface area contributed by atoms with Crippen molar-refractivity contribution in [2.45, 2.75) is 27.3 Å². The average Bonchev–Trinajstić information content (AvgIpc) is 2.64. The summed E-state index contributed by atoms with van der Waals surface area (Å²) in [6.07, 6.45) is 4.07. The van der Waals surface area contributed by atoms with Crippen molar-refractivity contribution in [1.82, 2.24) is 9.13 Å². The second-order valence-electron chi connectivity index (χ2n) is 3.96. The normalized spacial score (nSPS) is 10.7. The standard InChI is InChI=1S/C13H16N2S/c1-4-14-8-9-15(13(14)16)12-7-5-6-10(2)11(12)3/h5-9H,4H2,1-3H3. The smallest absolute Gasteiger partial charge is 0.184 e. The Morgan fingerprint density at radius 1 is 1.19 bits per heavy atom. The summed E-state index contributed by atoms with van der Waals surface area (Å²) in [6.45, 7) is 7.27. The molecular formula is C13H16N2S. The molecule has 0 aliphatic rings. The number of hydrogen-bond donors (Lipinski definition) is 0. The van der Waals surface area contributed by atoms with Crippen molar-refractivity contribution in [2.24, 2.45) is 0 Å². The van der Waals surface area contributed by atoms with Crippen LogP contribution >= 0.6 is 12.2 Å². The van der Waals surface area contributed by atoms with Crippen LogP contribution in [-0.2, 0) is 6.54 Å². The summed E-state index contributed by atoms with van der Waals surface area (Å²) in [5.74, 6) is 0. The van der Waals surface area contributed by atoms with Gasteiger partial charge in [0.2, 0.25) is 0 Å². The lowest BCUT2D eigenvalue weighted by atomic mass is 10.1. The summed E-state index contributed by atoms with van der Waals surface area (Å²) in [5, 5.41) is 0. The van der Waals surface area contributed by atoms with E-state index in [0.29, 0.717) is 0 Å². The first-order valence-corrected chi connectivity index (χ1v) is 5.90. The van der Waals surface area contributed by atoms with Crippen LogP contribution in [0.2, 0.25) is 0 Å². The van der Waals surface area contributed by atoms with Crippen molar-refractivity contribution in [2.75, 3.05) is 0 Å². The van der Waals surface area contributed by atoms with E-state index in [1.54, 1.807) is 0 Å². The molecule has 1 aromatic carbocycles. The third-order valence-electron chi connectivity index (χ3n) is 3.02. The number of nitrogens with zero attached hydrogens (tertiary/aromatic N) is 2. The van der Waals surface area contributed by atoms with Crippen molar-refractivity contribution in [3.63, 3.8) is 0 Å². The molecule has 0 atom stereocenters. The summed E-state index contributed by atoms with van der Waals surface area (Å²) in [5.41, 5.74) is 3.76. The van der Waals surface area contributed by atoms with Crippen molar-refractivity contribution >= 4 is 12.2 Å². The molecule has 16 heavy (non-hydrogen) atoms. The van der Waals surface area contributed by atoms with Crippen LogP contribution in [0.5, 0.6) is 0 Å². The molecule has 0 bridgehead atoms. The monoisotopic (exact) mass is 232 g/mol. The Balaban J connectivity index is 2.64. The maximum atomic E-state index is 5.44. The molecule has 2 nitrogen and oxygen atoms in total. The molecule has 0 aliphatic heterocycles. The molecule has 3 heteroatoms. The number of hydrogen-bond acceptors (Lipinski definition) is 1. The van der Waals surface area contributed by atoms with E-state index in [1.807, 2.05) is 12.4 Å². The highest BCUT2D eigenvalue weighted by atomic mass is 32.1. The van der Waals surface area contributed by atoms with Crippen LogP contribution < -0.4 is 0 Å². The second-order valence-corrected chi connectivity index (χ2v) is 4.32. The largest absolute Gasteiger partial charge is 0.324 e. The molecule has 0 saturated heterocycles. The highest BCUT2D eigenvalue weighted by Crippen LogP contribution is 2.18. The van der Waals surface area contributed by atoms with Crippen LogP contribution in [0.3, 0.4) is 0 Å². The Labute approximate surface area is 101 Å². The number of aryl methyl sites for hydroxylation is 2. The molecule has 1 aromatic heterocycles. The van der Waals surface area contributed by atoms with E-state index in [0.717, 1.165) is 11.3 Å². The van der Waals surface area contributed by atoms with Gasteiger partial charge in [-0.1, -0.05) is 12.1 Å². The lowest BCUT2D eigenvalue weighted by Gasteiger charge is -2.09. The van der Waals surface area contributed by atoms with E-state index in [4.69, 9.17) is 12.2 Å². The predicted molar refractivity (Wildman–Crippen MR) is 69.7 cm³/mol. The van der Waals surface area contributed by atoms with Gasteiger partial charge in [-0.05, 0) is 50.2 Å². The van der Waals surface area contributed by atoms with Gasteiger partial charge in [0, 0.05) is 18.9 Å². The van der Waals surface area contributed by atoms with Crippen LogP contribution in [0.15, 0.2) is 30.6 Å². The molecule has 0 aliphatic carbocycles. The van der Waals surface area contributed by atoms with Crippen LogP contribution in [0.25, 0.3) is 5.69 Å². The molecule has 84 valence electrons. The fourth-order valence-electron chi connectivity index (χ4n) is 1.83. The van der Waals surface area contributed by atoms with Crippen LogP contribution in [0, 0.1) is 18.6 Å². The second kappa shape index (κ2) is 4.26. The first-order valence-electron chi connectivity index (χ1n) is 5.49. The molecule has 2 aromatic rings. The number of aromatic nitrogens is 2. The molecule has 0 spiro atoms. The first kappa shape index (κ1) is 11.1. The van der Waals surface area contributed by atoms with Gasteiger partial charge in [-0.25, -0.2) is 0 Å². The number of imidazole rings is 1. The highest BCUT2D eigenvalue weighted by Gasteiger charge is 2.05. The molecular weight excluding hydrogens is 216 g/mol. The van der Waals surface area contributed by atoms with Gasteiger partial charge in [0.05, 0.1) is 5.69 Å². The van der Waals surface area contributed by atoms with E-state index in [2.05, 4.69) is 48.1 Å².